The largest absolute Gasteiger partial charge is 0.478 e. The zero-order valence-electron chi connectivity index (χ0n) is 12.2. The molecule has 20 heavy (non-hydrogen) atoms. The minimum absolute atomic E-state index is 0.269. The first-order chi connectivity index (χ1) is 9.45. The van der Waals surface area contributed by atoms with Gasteiger partial charge in [-0.2, -0.15) is 0 Å². The molecule has 0 aliphatic carbocycles. The summed E-state index contributed by atoms with van der Waals surface area (Å²) in [5.41, 5.74) is 3.02. The van der Waals surface area contributed by atoms with Gasteiger partial charge in [0.1, 0.15) is 0 Å². The summed E-state index contributed by atoms with van der Waals surface area (Å²) in [5, 5.41) is 19.9. The van der Waals surface area contributed by atoms with Gasteiger partial charge >= 0.3 is 5.97 Å². The number of carboxylic acid groups (broad SMARTS) is 1. The number of aryl methyl sites for hydroxylation is 2. The van der Waals surface area contributed by atoms with E-state index < -0.39 is 12.1 Å². The lowest BCUT2D eigenvalue weighted by Crippen LogP contribution is -2.00. The average Bonchev–Trinajstić information content (AvgIpc) is 2.75. The van der Waals surface area contributed by atoms with Crippen LogP contribution in [0.3, 0.4) is 0 Å². The van der Waals surface area contributed by atoms with Gasteiger partial charge in [0.15, 0.2) is 0 Å². The number of unbranched alkanes of at least 4 members (excludes halogenated alkanes) is 1. The van der Waals surface area contributed by atoms with E-state index in [9.17, 15) is 15.0 Å². The zero-order chi connectivity index (χ0) is 14.9. The summed E-state index contributed by atoms with van der Waals surface area (Å²) in [7, 11) is 0. The van der Waals surface area contributed by atoms with Crippen molar-refractivity contribution in [1.29, 1.82) is 0 Å². The zero-order valence-corrected chi connectivity index (χ0v) is 12.2. The van der Waals surface area contributed by atoms with E-state index in [-0.39, 0.29) is 5.56 Å². The van der Waals surface area contributed by atoms with E-state index in [1.807, 2.05) is 13.1 Å². The third-order valence-electron chi connectivity index (χ3n) is 3.64. The molecule has 0 fully saturated rings. The molecular formula is C16H21NO3. The highest BCUT2D eigenvalue weighted by molar-refractivity contribution is 5.96. The predicted molar refractivity (Wildman–Crippen MR) is 79.2 cm³/mol. The van der Waals surface area contributed by atoms with Crippen LogP contribution in [0.4, 0.5) is 0 Å². The van der Waals surface area contributed by atoms with E-state index in [0.29, 0.717) is 0 Å². The number of hydrogen-bond acceptors (Lipinski definition) is 2. The molecule has 4 heteroatoms. The van der Waals surface area contributed by atoms with Crippen molar-refractivity contribution >= 4 is 16.9 Å². The summed E-state index contributed by atoms with van der Waals surface area (Å²) in [6.45, 7) is 6.65. The van der Waals surface area contributed by atoms with Gasteiger partial charge < -0.3 is 14.8 Å². The van der Waals surface area contributed by atoms with Gasteiger partial charge in [-0.3, -0.25) is 0 Å². The topological polar surface area (TPSA) is 62.5 Å². The number of rotatable bonds is 5. The Morgan fingerprint density at radius 3 is 2.65 bits per heavy atom. The second-order valence-corrected chi connectivity index (χ2v) is 5.30. The molecule has 0 saturated heterocycles. The molecule has 4 nitrogen and oxygen atoms in total. The van der Waals surface area contributed by atoms with Gasteiger partial charge in [-0.1, -0.05) is 13.3 Å². The van der Waals surface area contributed by atoms with E-state index in [0.717, 1.165) is 41.4 Å². The maximum Gasteiger partial charge on any atom is 0.335 e. The number of aliphatic hydroxyl groups is 1. The monoisotopic (exact) mass is 275 g/mol. The van der Waals surface area contributed by atoms with Crippen molar-refractivity contribution in [3.63, 3.8) is 0 Å². The second kappa shape index (κ2) is 5.67. The van der Waals surface area contributed by atoms with Crippen LogP contribution in [-0.4, -0.2) is 20.7 Å². The average molecular weight is 275 g/mol. The van der Waals surface area contributed by atoms with E-state index >= 15 is 0 Å². The molecule has 2 aromatic rings. The number of aromatic carboxylic acids is 1. The molecule has 1 aromatic heterocycles. The number of hydrogen-bond donors (Lipinski definition) is 2. The van der Waals surface area contributed by atoms with Gasteiger partial charge in [0.05, 0.1) is 17.2 Å². The molecule has 1 atom stereocenters. The Morgan fingerprint density at radius 1 is 1.40 bits per heavy atom. The molecule has 108 valence electrons. The van der Waals surface area contributed by atoms with Crippen LogP contribution in [-0.2, 0) is 6.54 Å². The van der Waals surface area contributed by atoms with Crippen molar-refractivity contribution in [2.75, 3.05) is 0 Å². The van der Waals surface area contributed by atoms with Crippen LogP contribution in [0.5, 0.6) is 0 Å². The van der Waals surface area contributed by atoms with Gasteiger partial charge in [-0.15, -0.1) is 0 Å². The Hall–Kier alpha value is -1.81. The highest BCUT2D eigenvalue weighted by Crippen LogP contribution is 2.30. The van der Waals surface area contributed by atoms with Crippen molar-refractivity contribution in [2.24, 2.45) is 0 Å². The fourth-order valence-electron chi connectivity index (χ4n) is 2.64. The molecule has 0 amide bonds. The predicted octanol–water partition coefficient (Wildman–Crippen LogP) is 3.50. The summed E-state index contributed by atoms with van der Waals surface area (Å²) < 4.78 is 2.13. The maximum absolute atomic E-state index is 11.2. The van der Waals surface area contributed by atoms with Crippen LogP contribution >= 0.6 is 0 Å². The highest BCUT2D eigenvalue weighted by atomic mass is 16.4. The lowest BCUT2D eigenvalue weighted by molar-refractivity contribution is 0.0697. The van der Waals surface area contributed by atoms with Crippen molar-refractivity contribution in [3.8, 4) is 0 Å². The van der Waals surface area contributed by atoms with E-state index in [4.69, 9.17) is 0 Å². The molecule has 2 N–H and O–H groups in total. The summed E-state index contributed by atoms with van der Waals surface area (Å²) in [6.07, 6.45) is 3.49. The third-order valence-corrected chi connectivity index (χ3v) is 3.64. The van der Waals surface area contributed by atoms with Crippen molar-refractivity contribution in [2.45, 2.75) is 46.3 Å². The Balaban J connectivity index is 2.69. The molecule has 0 spiro atoms. The van der Waals surface area contributed by atoms with Crippen LogP contribution in [0.2, 0.25) is 0 Å². The Morgan fingerprint density at radius 2 is 2.10 bits per heavy atom. The highest BCUT2D eigenvalue weighted by Gasteiger charge is 2.16. The molecule has 1 unspecified atom stereocenters. The van der Waals surface area contributed by atoms with Gasteiger partial charge in [-0.25, -0.2) is 4.79 Å². The molecule has 2 rings (SSSR count). The minimum atomic E-state index is -0.937. The Bertz CT molecular complexity index is 641. The normalized spacial score (nSPS) is 12.8. The van der Waals surface area contributed by atoms with Crippen LogP contribution in [0.1, 0.15) is 54.3 Å². The minimum Gasteiger partial charge on any atom is -0.478 e. The molecule has 1 heterocycles. The van der Waals surface area contributed by atoms with Gasteiger partial charge in [0.2, 0.25) is 0 Å². The van der Waals surface area contributed by atoms with Gasteiger partial charge in [0.25, 0.3) is 0 Å². The number of aromatic nitrogens is 1. The Labute approximate surface area is 118 Å². The first-order valence-electron chi connectivity index (χ1n) is 7.00. The quantitative estimate of drug-likeness (QED) is 0.877. The van der Waals surface area contributed by atoms with Crippen molar-refractivity contribution in [3.05, 3.63) is 35.0 Å². The van der Waals surface area contributed by atoms with Gasteiger partial charge in [0, 0.05) is 23.7 Å². The fourth-order valence-corrected chi connectivity index (χ4v) is 2.64. The number of aliphatic hydroxyl groups excluding tert-OH is 1. The summed E-state index contributed by atoms with van der Waals surface area (Å²) in [5.74, 6) is -0.937. The second-order valence-electron chi connectivity index (χ2n) is 5.30. The maximum atomic E-state index is 11.2. The number of carboxylic acids is 1. The molecule has 0 aliphatic rings. The molecule has 0 radical (unpaired) electrons. The van der Waals surface area contributed by atoms with E-state index in [1.54, 1.807) is 19.1 Å². The summed E-state index contributed by atoms with van der Waals surface area (Å²) in [6, 6.07) is 3.36. The lowest BCUT2D eigenvalue weighted by atomic mass is 10.0. The van der Waals surface area contributed by atoms with Crippen LogP contribution in [0, 0.1) is 6.92 Å². The SMILES string of the molecule is CCCCn1cc(C(C)O)c2cc(C(=O)O)cc(C)c21. The fraction of sp³-hybridized carbons (Fsp3) is 0.438. The number of benzene rings is 1. The molecule has 0 bridgehead atoms. The standard InChI is InChI=1S/C16H21NO3/c1-4-5-6-17-9-14(11(3)18)13-8-12(16(19)20)7-10(2)15(13)17/h7-9,11,18H,4-6H2,1-3H3,(H,19,20). The molecule has 0 saturated carbocycles. The lowest BCUT2D eigenvalue weighted by Gasteiger charge is -2.07. The number of fused-ring (bicyclic) bond motifs is 1. The first kappa shape index (κ1) is 14.6. The number of carbonyl (C=O) groups is 1. The van der Waals surface area contributed by atoms with E-state index in [2.05, 4.69) is 11.5 Å². The van der Waals surface area contributed by atoms with Gasteiger partial charge in [-0.05, 0) is 38.0 Å². The van der Waals surface area contributed by atoms with E-state index in [1.165, 1.54) is 0 Å². The van der Waals surface area contributed by atoms with Crippen molar-refractivity contribution in [1.82, 2.24) is 4.57 Å². The summed E-state index contributed by atoms with van der Waals surface area (Å²) >= 11 is 0. The van der Waals surface area contributed by atoms with Crippen LogP contribution < -0.4 is 0 Å². The number of nitrogens with zero attached hydrogens (tertiary/aromatic N) is 1. The third kappa shape index (κ3) is 2.56. The van der Waals surface area contributed by atoms with Crippen LogP contribution in [0.25, 0.3) is 10.9 Å². The first-order valence-corrected chi connectivity index (χ1v) is 7.00. The van der Waals surface area contributed by atoms with Crippen LogP contribution in [0.15, 0.2) is 18.3 Å². The molecular weight excluding hydrogens is 254 g/mol. The smallest absolute Gasteiger partial charge is 0.335 e. The molecule has 1 aromatic carbocycles. The molecule has 0 aliphatic heterocycles. The summed E-state index contributed by atoms with van der Waals surface area (Å²) in [4.78, 5) is 11.2. The van der Waals surface area contributed by atoms with Crippen molar-refractivity contribution < 1.29 is 15.0 Å². The Kier molecular flexibility index (Phi) is 4.14.